The Morgan fingerprint density at radius 1 is 1.25 bits per heavy atom. The van der Waals surface area contributed by atoms with Crippen molar-refractivity contribution in [2.45, 2.75) is 39.3 Å². The summed E-state index contributed by atoms with van der Waals surface area (Å²) in [6.45, 7) is 6.27. The summed E-state index contributed by atoms with van der Waals surface area (Å²) >= 11 is 0. The summed E-state index contributed by atoms with van der Waals surface area (Å²) in [5.41, 5.74) is 1.26. The maximum atomic E-state index is 9.10. The Morgan fingerprint density at radius 2 is 1.88 bits per heavy atom. The van der Waals surface area contributed by atoms with Crippen LogP contribution in [-0.2, 0) is 6.54 Å². The zero-order valence-electron chi connectivity index (χ0n) is 10.3. The number of aliphatic hydroxyl groups is 1. The molecule has 0 unspecified atom stereocenters. The molecule has 3 nitrogen and oxygen atoms in total. The van der Waals surface area contributed by atoms with E-state index < -0.39 is 0 Å². The van der Waals surface area contributed by atoms with Crippen molar-refractivity contribution < 1.29 is 5.11 Å². The predicted molar refractivity (Wildman–Crippen MR) is 66.1 cm³/mol. The molecular weight excluding hydrogens is 200 g/mol. The van der Waals surface area contributed by atoms with Gasteiger partial charge in [-0.2, -0.15) is 0 Å². The minimum atomic E-state index is 0.224. The van der Waals surface area contributed by atoms with E-state index in [-0.39, 0.29) is 6.61 Å². The van der Waals surface area contributed by atoms with E-state index in [1.807, 2.05) is 24.5 Å². The number of nitrogens with zero attached hydrogens (tertiary/aromatic N) is 2. The molecular formula is C13H22N2O. The molecule has 0 radical (unpaired) electrons. The van der Waals surface area contributed by atoms with Gasteiger partial charge in [-0.15, -0.1) is 0 Å². The second-order valence-electron chi connectivity index (χ2n) is 4.02. The molecule has 0 aliphatic heterocycles. The summed E-state index contributed by atoms with van der Waals surface area (Å²) in [6.07, 6.45) is 5.89. The Balaban J connectivity index is 2.63. The Bertz CT molecular complexity index is 273. The van der Waals surface area contributed by atoms with Crippen LogP contribution in [0.15, 0.2) is 24.5 Å². The lowest BCUT2D eigenvalue weighted by Gasteiger charge is -2.29. The molecule has 0 aliphatic carbocycles. The Kier molecular flexibility index (Phi) is 6.04. The van der Waals surface area contributed by atoms with Crippen LogP contribution in [0.5, 0.6) is 0 Å². The first-order valence-electron chi connectivity index (χ1n) is 6.05. The summed E-state index contributed by atoms with van der Waals surface area (Å²) < 4.78 is 0. The second-order valence-corrected chi connectivity index (χ2v) is 4.02. The maximum Gasteiger partial charge on any atom is 0.0558 e. The molecule has 1 rings (SSSR count). The summed E-state index contributed by atoms with van der Waals surface area (Å²) in [7, 11) is 0. The van der Waals surface area contributed by atoms with Gasteiger partial charge in [0, 0.05) is 31.5 Å². The normalized spacial score (nSPS) is 11.3. The van der Waals surface area contributed by atoms with Crippen LogP contribution in [0.4, 0.5) is 0 Å². The van der Waals surface area contributed by atoms with Gasteiger partial charge in [0.15, 0.2) is 0 Å². The van der Waals surface area contributed by atoms with Gasteiger partial charge < -0.3 is 5.11 Å². The van der Waals surface area contributed by atoms with E-state index in [4.69, 9.17) is 5.11 Å². The Labute approximate surface area is 98.1 Å². The standard InChI is InChI=1S/C13H22N2O/c1-3-13(4-2)15(9-10-16)11-12-5-7-14-8-6-12/h5-8,13,16H,3-4,9-11H2,1-2H3. The molecule has 0 aliphatic rings. The molecule has 0 amide bonds. The van der Waals surface area contributed by atoms with Crippen molar-refractivity contribution in [1.29, 1.82) is 0 Å². The average molecular weight is 222 g/mol. The second kappa shape index (κ2) is 7.36. The van der Waals surface area contributed by atoms with Crippen LogP contribution < -0.4 is 0 Å². The van der Waals surface area contributed by atoms with Crippen LogP contribution in [0.2, 0.25) is 0 Å². The number of aliphatic hydroxyl groups excluding tert-OH is 1. The van der Waals surface area contributed by atoms with Gasteiger partial charge in [-0.1, -0.05) is 13.8 Å². The van der Waals surface area contributed by atoms with Gasteiger partial charge in [0.1, 0.15) is 0 Å². The van der Waals surface area contributed by atoms with E-state index in [1.165, 1.54) is 5.56 Å². The molecule has 16 heavy (non-hydrogen) atoms. The highest BCUT2D eigenvalue weighted by atomic mass is 16.3. The van der Waals surface area contributed by atoms with Crippen LogP contribution >= 0.6 is 0 Å². The quantitative estimate of drug-likeness (QED) is 0.767. The first-order chi connectivity index (χ1) is 7.81. The van der Waals surface area contributed by atoms with E-state index in [0.29, 0.717) is 6.04 Å². The fourth-order valence-electron chi connectivity index (χ4n) is 2.05. The van der Waals surface area contributed by atoms with Crippen LogP contribution in [-0.4, -0.2) is 34.2 Å². The van der Waals surface area contributed by atoms with Crippen LogP contribution in [0.25, 0.3) is 0 Å². The molecule has 1 aromatic rings. The molecule has 0 saturated heterocycles. The third kappa shape index (κ3) is 3.91. The number of hydrogen-bond donors (Lipinski definition) is 1. The fraction of sp³-hybridized carbons (Fsp3) is 0.615. The minimum absolute atomic E-state index is 0.224. The van der Waals surface area contributed by atoms with Crippen molar-refractivity contribution >= 4 is 0 Å². The number of pyridine rings is 1. The van der Waals surface area contributed by atoms with Crippen LogP contribution in [0.1, 0.15) is 32.3 Å². The third-order valence-corrected chi connectivity index (χ3v) is 2.98. The first-order valence-corrected chi connectivity index (χ1v) is 6.05. The average Bonchev–Trinajstić information content (AvgIpc) is 2.32. The van der Waals surface area contributed by atoms with Gasteiger partial charge in [0.2, 0.25) is 0 Å². The molecule has 0 spiro atoms. The van der Waals surface area contributed by atoms with Crippen molar-refractivity contribution in [2.24, 2.45) is 0 Å². The van der Waals surface area contributed by atoms with Crippen molar-refractivity contribution in [3.63, 3.8) is 0 Å². The highest BCUT2D eigenvalue weighted by Gasteiger charge is 2.14. The third-order valence-electron chi connectivity index (χ3n) is 2.98. The van der Waals surface area contributed by atoms with Crippen LogP contribution in [0.3, 0.4) is 0 Å². The molecule has 3 heteroatoms. The molecule has 90 valence electrons. The van der Waals surface area contributed by atoms with E-state index in [9.17, 15) is 0 Å². The fourth-order valence-corrected chi connectivity index (χ4v) is 2.05. The van der Waals surface area contributed by atoms with E-state index in [0.717, 1.165) is 25.9 Å². The number of aromatic nitrogens is 1. The van der Waals surface area contributed by atoms with Crippen molar-refractivity contribution in [3.8, 4) is 0 Å². The monoisotopic (exact) mass is 222 g/mol. The molecule has 1 aromatic heterocycles. The largest absolute Gasteiger partial charge is 0.395 e. The molecule has 0 bridgehead atoms. The lowest BCUT2D eigenvalue weighted by molar-refractivity contribution is 0.136. The lowest BCUT2D eigenvalue weighted by atomic mass is 10.1. The molecule has 1 N–H and O–H groups in total. The Morgan fingerprint density at radius 3 is 2.38 bits per heavy atom. The summed E-state index contributed by atoms with van der Waals surface area (Å²) in [6, 6.07) is 4.62. The molecule has 0 atom stereocenters. The van der Waals surface area contributed by atoms with E-state index in [1.54, 1.807) is 0 Å². The minimum Gasteiger partial charge on any atom is -0.395 e. The SMILES string of the molecule is CCC(CC)N(CCO)Cc1ccncc1. The number of hydrogen-bond acceptors (Lipinski definition) is 3. The van der Waals surface area contributed by atoms with Crippen molar-refractivity contribution in [1.82, 2.24) is 9.88 Å². The molecule has 0 fully saturated rings. The van der Waals surface area contributed by atoms with Gasteiger partial charge in [0.25, 0.3) is 0 Å². The van der Waals surface area contributed by atoms with Gasteiger partial charge in [-0.05, 0) is 30.5 Å². The van der Waals surface area contributed by atoms with Gasteiger partial charge in [-0.25, -0.2) is 0 Å². The van der Waals surface area contributed by atoms with Gasteiger partial charge >= 0.3 is 0 Å². The maximum absolute atomic E-state index is 9.10. The zero-order chi connectivity index (χ0) is 11.8. The molecule has 0 saturated carbocycles. The smallest absolute Gasteiger partial charge is 0.0558 e. The molecule has 0 aromatic carbocycles. The first kappa shape index (κ1) is 13.1. The zero-order valence-corrected chi connectivity index (χ0v) is 10.3. The Hall–Kier alpha value is -0.930. The summed E-state index contributed by atoms with van der Waals surface area (Å²) in [5.74, 6) is 0. The highest BCUT2D eigenvalue weighted by Crippen LogP contribution is 2.12. The van der Waals surface area contributed by atoms with E-state index >= 15 is 0 Å². The lowest BCUT2D eigenvalue weighted by Crippen LogP contribution is -2.36. The van der Waals surface area contributed by atoms with Crippen LogP contribution in [0, 0.1) is 0 Å². The highest BCUT2D eigenvalue weighted by molar-refractivity contribution is 5.09. The van der Waals surface area contributed by atoms with Gasteiger partial charge in [0.05, 0.1) is 6.61 Å². The van der Waals surface area contributed by atoms with E-state index in [2.05, 4.69) is 23.7 Å². The van der Waals surface area contributed by atoms with Crippen molar-refractivity contribution in [3.05, 3.63) is 30.1 Å². The predicted octanol–water partition coefficient (Wildman–Crippen LogP) is 2.06. The molecule has 1 heterocycles. The van der Waals surface area contributed by atoms with Crippen molar-refractivity contribution in [2.75, 3.05) is 13.2 Å². The van der Waals surface area contributed by atoms with Gasteiger partial charge in [-0.3, -0.25) is 9.88 Å². The summed E-state index contributed by atoms with van der Waals surface area (Å²) in [5, 5.41) is 9.10. The summed E-state index contributed by atoms with van der Waals surface area (Å²) in [4.78, 5) is 6.36. The topological polar surface area (TPSA) is 36.4 Å². The number of rotatable bonds is 7.